The smallest absolute Gasteiger partial charge is 0.256 e. The van der Waals surface area contributed by atoms with E-state index in [0.29, 0.717) is 11.3 Å². The van der Waals surface area contributed by atoms with E-state index in [1.807, 2.05) is 38.1 Å². The van der Waals surface area contributed by atoms with Gasteiger partial charge in [-0.2, -0.15) is 0 Å². The van der Waals surface area contributed by atoms with Gasteiger partial charge < -0.3 is 4.90 Å². The van der Waals surface area contributed by atoms with Gasteiger partial charge in [-0.05, 0) is 45.4 Å². The molecule has 2 aromatic rings. The molecule has 1 saturated heterocycles. The summed E-state index contributed by atoms with van der Waals surface area (Å²) in [5.74, 6) is -0.125. The van der Waals surface area contributed by atoms with Crippen molar-refractivity contribution in [2.24, 2.45) is 0 Å². The molecule has 0 N–H and O–H groups in total. The van der Waals surface area contributed by atoms with Crippen molar-refractivity contribution in [2.75, 3.05) is 12.3 Å². The second-order valence-corrected chi connectivity index (χ2v) is 9.11. The van der Waals surface area contributed by atoms with Crippen LogP contribution in [0.3, 0.4) is 0 Å². The molecular formula is C18H22N2O3S. The van der Waals surface area contributed by atoms with Crippen molar-refractivity contribution in [3.8, 4) is 0 Å². The Morgan fingerprint density at radius 2 is 1.92 bits per heavy atom. The fourth-order valence-electron chi connectivity index (χ4n) is 3.20. The predicted octanol–water partition coefficient (Wildman–Crippen LogP) is 2.50. The lowest BCUT2D eigenvalue weighted by Gasteiger charge is -2.37. The van der Waals surface area contributed by atoms with E-state index < -0.39 is 15.1 Å². The molecule has 1 aromatic heterocycles. The zero-order valence-corrected chi connectivity index (χ0v) is 15.2. The second-order valence-electron chi connectivity index (χ2n) is 6.63. The Morgan fingerprint density at radius 3 is 2.62 bits per heavy atom. The highest BCUT2D eigenvalue weighted by molar-refractivity contribution is 7.92. The van der Waals surface area contributed by atoms with Gasteiger partial charge in [0.1, 0.15) is 0 Å². The maximum atomic E-state index is 13.0. The Hall–Kier alpha value is -1.95. The molecule has 1 amide bonds. The van der Waals surface area contributed by atoms with Crippen LogP contribution in [0.4, 0.5) is 0 Å². The monoisotopic (exact) mass is 346 g/mol. The number of carbonyl (C=O) groups is 1. The van der Waals surface area contributed by atoms with Crippen LogP contribution in [0.5, 0.6) is 0 Å². The van der Waals surface area contributed by atoms with Gasteiger partial charge in [0, 0.05) is 18.0 Å². The van der Waals surface area contributed by atoms with Crippen molar-refractivity contribution in [1.82, 2.24) is 9.88 Å². The average molecular weight is 346 g/mol. The first-order valence-electron chi connectivity index (χ1n) is 8.11. The van der Waals surface area contributed by atoms with Crippen LogP contribution in [0.25, 0.3) is 10.9 Å². The molecule has 2 atom stereocenters. The lowest BCUT2D eigenvalue weighted by molar-refractivity contribution is 0.0692. The van der Waals surface area contributed by atoms with Gasteiger partial charge in [-0.25, -0.2) is 8.42 Å². The average Bonchev–Trinajstić information content (AvgIpc) is 2.51. The van der Waals surface area contributed by atoms with Crippen LogP contribution < -0.4 is 0 Å². The van der Waals surface area contributed by atoms with Crippen LogP contribution in [0.15, 0.2) is 24.3 Å². The summed E-state index contributed by atoms with van der Waals surface area (Å²) in [6, 6.07) is 7.46. The molecule has 6 heteroatoms. The van der Waals surface area contributed by atoms with E-state index in [1.165, 1.54) is 0 Å². The first kappa shape index (κ1) is 16.9. The third-order valence-corrected chi connectivity index (χ3v) is 7.29. The van der Waals surface area contributed by atoms with Crippen molar-refractivity contribution in [1.29, 1.82) is 0 Å². The fraction of sp³-hybridized carbons (Fsp3) is 0.444. The van der Waals surface area contributed by atoms with E-state index in [0.717, 1.165) is 16.5 Å². The van der Waals surface area contributed by atoms with Crippen molar-refractivity contribution in [3.63, 3.8) is 0 Å². The number of fused-ring (bicyclic) bond motifs is 1. The minimum atomic E-state index is -3.12. The molecule has 1 aliphatic heterocycles. The Morgan fingerprint density at radius 1 is 1.21 bits per heavy atom. The summed E-state index contributed by atoms with van der Waals surface area (Å²) in [4.78, 5) is 19.2. The molecule has 1 fully saturated rings. The normalized spacial score (nSPS) is 23.4. The zero-order chi connectivity index (χ0) is 17.6. The predicted molar refractivity (Wildman–Crippen MR) is 95.0 cm³/mol. The van der Waals surface area contributed by atoms with E-state index in [2.05, 4.69) is 4.98 Å². The number of sulfone groups is 1. The molecule has 0 spiro atoms. The zero-order valence-electron chi connectivity index (χ0n) is 14.4. The minimum absolute atomic E-state index is 0.0174. The van der Waals surface area contributed by atoms with E-state index >= 15 is 0 Å². The quantitative estimate of drug-likeness (QED) is 0.796. The Balaban J connectivity index is 2.00. The van der Waals surface area contributed by atoms with Gasteiger partial charge in [-0.15, -0.1) is 0 Å². The molecule has 0 aliphatic carbocycles. The SMILES string of the molecule is Cc1ccc2cc(C(=O)N3CCS(=O)(=O)[C@H](C)[C@H]3C)c(C)nc2c1. The number of rotatable bonds is 1. The van der Waals surface area contributed by atoms with Crippen molar-refractivity contribution < 1.29 is 13.2 Å². The fourth-order valence-corrected chi connectivity index (χ4v) is 4.77. The summed E-state index contributed by atoms with van der Waals surface area (Å²) in [5.41, 5.74) is 3.21. The maximum Gasteiger partial charge on any atom is 0.256 e. The van der Waals surface area contributed by atoms with Crippen LogP contribution in [-0.2, 0) is 9.84 Å². The first-order chi connectivity index (χ1) is 11.2. The topological polar surface area (TPSA) is 67.3 Å². The molecule has 5 nitrogen and oxygen atoms in total. The number of aryl methyl sites for hydroxylation is 2. The number of hydrogen-bond acceptors (Lipinski definition) is 4. The van der Waals surface area contributed by atoms with Crippen molar-refractivity contribution in [3.05, 3.63) is 41.1 Å². The van der Waals surface area contributed by atoms with Crippen molar-refractivity contribution in [2.45, 2.75) is 39.0 Å². The minimum Gasteiger partial charge on any atom is -0.334 e. The second kappa shape index (κ2) is 5.84. The third kappa shape index (κ3) is 2.79. The van der Waals surface area contributed by atoms with Gasteiger partial charge in [0.25, 0.3) is 5.91 Å². The van der Waals surface area contributed by atoms with E-state index in [4.69, 9.17) is 0 Å². The number of pyridine rings is 1. The molecule has 0 bridgehead atoms. The summed E-state index contributed by atoms with van der Waals surface area (Å²) < 4.78 is 24.0. The lowest BCUT2D eigenvalue weighted by atomic mass is 10.1. The van der Waals surface area contributed by atoms with Gasteiger partial charge in [0.05, 0.1) is 27.8 Å². The van der Waals surface area contributed by atoms with Gasteiger partial charge in [-0.1, -0.05) is 12.1 Å². The first-order valence-corrected chi connectivity index (χ1v) is 9.83. The maximum absolute atomic E-state index is 13.0. The number of nitrogens with zero attached hydrogens (tertiary/aromatic N) is 2. The molecular weight excluding hydrogens is 324 g/mol. The van der Waals surface area contributed by atoms with Gasteiger partial charge in [0.2, 0.25) is 0 Å². The molecule has 2 heterocycles. The number of hydrogen-bond donors (Lipinski definition) is 0. The highest BCUT2D eigenvalue weighted by Crippen LogP contribution is 2.24. The van der Waals surface area contributed by atoms with E-state index in [9.17, 15) is 13.2 Å². The molecule has 24 heavy (non-hydrogen) atoms. The number of amides is 1. The summed E-state index contributed by atoms with van der Waals surface area (Å²) in [6.07, 6.45) is 0. The van der Waals surface area contributed by atoms with Crippen LogP contribution in [-0.4, -0.2) is 47.8 Å². The van der Waals surface area contributed by atoms with Crippen LogP contribution in [0, 0.1) is 13.8 Å². The number of carbonyl (C=O) groups excluding carboxylic acids is 1. The molecule has 0 saturated carbocycles. The number of aromatic nitrogens is 1. The third-order valence-electron chi connectivity index (χ3n) is 5.01. The Kier molecular flexibility index (Phi) is 4.11. The largest absolute Gasteiger partial charge is 0.334 e. The van der Waals surface area contributed by atoms with E-state index in [-0.39, 0.29) is 24.2 Å². The molecule has 1 aromatic carbocycles. The van der Waals surface area contributed by atoms with Gasteiger partial charge in [0.15, 0.2) is 9.84 Å². The number of benzene rings is 1. The van der Waals surface area contributed by atoms with Crippen molar-refractivity contribution >= 4 is 26.6 Å². The highest BCUT2D eigenvalue weighted by Gasteiger charge is 2.38. The van der Waals surface area contributed by atoms with E-state index in [1.54, 1.807) is 18.7 Å². The molecule has 0 radical (unpaired) electrons. The van der Waals surface area contributed by atoms with Crippen LogP contribution in [0.2, 0.25) is 0 Å². The summed E-state index contributed by atoms with van der Waals surface area (Å²) in [7, 11) is -3.12. The molecule has 3 rings (SSSR count). The molecule has 128 valence electrons. The van der Waals surface area contributed by atoms with Gasteiger partial charge in [-0.3, -0.25) is 9.78 Å². The Labute approximate surface area is 142 Å². The lowest BCUT2D eigenvalue weighted by Crippen LogP contribution is -2.54. The summed E-state index contributed by atoms with van der Waals surface area (Å²) in [6.45, 7) is 7.54. The van der Waals surface area contributed by atoms with Crippen LogP contribution in [0.1, 0.15) is 35.5 Å². The molecule has 0 unspecified atom stereocenters. The highest BCUT2D eigenvalue weighted by atomic mass is 32.2. The van der Waals surface area contributed by atoms with Crippen LogP contribution >= 0.6 is 0 Å². The molecule has 1 aliphatic rings. The summed E-state index contributed by atoms with van der Waals surface area (Å²) >= 11 is 0. The summed E-state index contributed by atoms with van der Waals surface area (Å²) in [5, 5.41) is 0.367. The standard InChI is InChI=1S/C18H22N2O3S/c1-11-5-6-15-10-16(12(2)19-17(15)9-11)18(21)20-7-8-24(22,23)14(4)13(20)3/h5-6,9-10,13-14H,7-8H2,1-4H3/t13-,14-/m1/s1. The Bertz CT molecular complexity index is 921. The van der Waals surface area contributed by atoms with Gasteiger partial charge >= 0.3 is 0 Å².